The molecule has 0 radical (unpaired) electrons. The Kier molecular flexibility index (Phi) is 4.78. The van der Waals surface area contributed by atoms with E-state index >= 15 is 0 Å². The Morgan fingerprint density at radius 3 is 2.50 bits per heavy atom. The Labute approximate surface area is 111 Å². The van der Waals surface area contributed by atoms with Crippen molar-refractivity contribution in [2.24, 2.45) is 11.3 Å². The maximum Gasteiger partial charge on any atom is 0.333 e. The van der Waals surface area contributed by atoms with Crippen LogP contribution in [-0.4, -0.2) is 12.6 Å². The average Bonchev–Trinajstić information content (AvgIpc) is 2.55. The maximum atomic E-state index is 11.7. The molecule has 1 unspecified atom stereocenters. The van der Waals surface area contributed by atoms with Crippen molar-refractivity contribution >= 4 is 5.97 Å². The van der Waals surface area contributed by atoms with Crippen LogP contribution in [0, 0.1) is 11.3 Å². The minimum absolute atomic E-state index is 0.171. The number of carbonyl (C=O) groups excluding carboxylic acids is 1. The molecule has 0 N–H and O–H groups in total. The fourth-order valence-corrected chi connectivity index (χ4v) is 2.47. The summed E-state index contributed by atoms with van der Waals surface area (Å²) >= 11 is 0. The predicted octanol–water partition coefficient (Wildman–Crippen LogP) is 4.27. The zero-order chi connectivity index (χ0) is 13.9. The highest BCUT2D eigenvalue weighted by Crippen LogP contribution is 2.45. The third-order valence-corrected chi connectivity index (χ3v) is 4.52. The molecule has 1 atom stereocenters. The van der Waals surface area contributed by atoms with Crippen molar-refractivity contribution < 1.29 is 9.53 Å². The average molecular weight is 250 g/mol. The fraction of sp³-hybridized carbons (Fsp3) is 0.688. The van der Waals surface area contributed by atoms with Gasteiger partial charge in [0.15, 0.2) is 0 Å². The molecule has 1 rings (SSSR count). The number of allylic oxidation sites excluding steroid dienone is 3. The molecule has 2 nitrogen and oxygen atoms in total. The fourth-order valence-electron chi connectivity index (χ4n) is 2.47. The summed E-state index contributed by atoms with van der Waals surface area (Å²) < 4.78 is 5.05. The quantitative estimate of drug-likeness (QED) is 0.423. The van der Waals surface area contributed by atoms with Gasteiger partial charge in [0.05, 0.1) is 6.61 Å². The SMILES string of the molecule is CCOC(=O)/C(C)=C(\C)CC1CC=C(C)C1(C)C. The van der Waals surface area contributed by atoms with Gasteiger partial charge in [-0.2, -0.15) is 0 Å². The van der Waals surface area contributed by atoms with Crippen LogP contribution in [0.2, 0.25) is 0 Å². The third-order valence-electron chi connectivity index (χ3n) is 4.52. The van der Waals surface area contributed by atoms with Crippen molar-refractivity contribution in [2.75, 3.05) is 6.61 Å². The summed E-state index contributed by atoms with van der Waals surface area (Å²) in [6.45, 7) is 13.0. The monoisotopic (exact) mass is 250 g/mol. The number of rotatable bonds is 4. The normalized spacial score (nSPS) is 23.4. The van der Waals surface area contributed by atoms with Gasteiger partial charge in [-0.05, 0) is 51.9 Å². The lowest BCUT2D eigenvalue weighted by molar-refractivity contribution is -0.138. The summed E-state index contributed by atoms with van der Waals surface area (Å²) in [5, 5.41) is 0. The summed E-state index contributed by atoms with van der Waals surface area (Å²) in [7, 11) is 0. The smallest absolute Gasteiger partial charge is 0.333 e. The van der Waals surface area contributed by atoms with Crippen LogP contribution in [0.25, 0.3) is 0 Å². The summed E-state index contributed by atoms with van der Waals surface area (Å²) in [5.41, 5.74) is 3.65. The molecular formula is C16H26O2. The van der Waals surface area contributed by atoms with Gasteiger partial charge in [-0.1, -0.05) is 31.1 Å². The van der Waals surface area contributed by atoms with Crippen molar-refractivity contribution in [1.29, 1.82) is 0 Å². The Hall–Kier alpha value is -1.05. The minimum atomic E-state index is -0.171. The molecular weight excluding hydrogens is 224 g/mol. The van der Waals surface area contributed by atoms with Crippen molar-refractivity contribution in [3.63, 3.8) is 0 Å². The van der Waals surface area contributed by atoms with Crippen LogP contribution in [0.5, 0.6) is 0 Å². The van der Waals surface area contributed by atoms with Crippen molar-refractivity contribution in [1.82, 2.24) is 0 Å². The molecule has 0 amide bonds. The van der Waals surface area contributed by atoms with Gasteiger partial charge in [0, 0.05) is 5.57 Å². The minimum Gasteiger partial charge on any atom is -0.463 e. The first-order chi connectivity index (χ1) is 8.30. The maximum absolute atomic E-state index is 11.7. The van der Waals surface area contributed by atoms with Crippen LogP contribution in [0.1, 0.15) is 54.4 Å². The van der Waals surface area contributed by atoms with E-state index in [2.05, 4.69) is 33.8 Å². The molecule has 0 aromatic rings. The van der Waals surface area contributed by atoms with E-state index in [1.807, 2.05) is 13.8 Å². The number of hydrogen-bond donors (Lipinski definition) is 0. The number of ether oxygens (including phenoxy) is 1. The zero-order valence-electron chi connectivity index (χ0n) is 12.6. The van der Waals surface area contributed by atoms with Gasteiger partial charge in [-0.3, -0.25) is 0 Å². The summed E-state index contributed by atoms with van der Waals surface area (Å²) in [4.78, 5) is 11.7. The molecule has 0 fully saturated rings. The summed E-state index contributed by atoms with van der Waals surface area (Å²) in [6, 6.07) is 0. The lowest BCUT2D eigenvalue weighted by Gasteiger charge is -2.30. The number of carbonyl (C=O) groups is 1. The first-order valence-electron chi connectivity index (χ1n) is 6.81. The van der Waals surface area contributed by atoms with Crippen molar-refractivity contribution in [2.45, 2.75) is 54.4 Å². The second-order valence-electron chi connectivity index (χ2n) is 5.87. The largest absolute Gasteiger partial charge is 0.463 e. The Morgan fingerprint density at radius 1 is 1.44 bits per heavy atom. The Morgan fingerprint density at radius 2 is 2.06 bits per heavy atom. The van der Waals surface area contributed by atoms with E-state index in [1.165, 1.54) is 5.57 Å². The molecule has 2 heteroatoms. The van der Waals surface area contributed by atoms with Gasteiger partial charge < -0.3 is 4.74 Å². The van der Waals surface area contributed by atoms with Crippen LogP contribution in [0.4, 0.5) is 0 Å². The molecule has 0 spiro atoms. The molecule has 0 aromatic carbocycles. The highest BCUT2D eigenvalue weighted by Gasteiger charge is 2.34. The van der Waals surface area contributed by atoms with Gasteiger partial charge in [-0.25, -0.2) is 4.79 Å². The van der Waals surface area contributed by atoms with E-state index in [0.717, 1.165) is 24.0 Å². The van der Waals surface area contributed by atoms with Crippen LogP contribution in [0.15, 0.2) is 22.8 Å². The molecule has 0 saturated carbocycles. The standard InChI is InChI=1S/C16H26O2/c1-7-18-15(17)13(4)11(2)10-14-9-8-12(3)16(14,5)6/h8,14H,7,9-10H2,1-6H3/b13-11+. The lowest BCUT2D eigenvalue weighted by Crippen LogP contribution is -2.21. The molecule has 18 heavy (non-hydrogen) atoms. The van der Waals surface area contributed by atoms with Crippen LogP contribution in [0.3, 0.4) is 0 Å². The zero-order valence-corrected chi connectivity index (χ0v) is 12.6. The molecule has 0 saturated heterocycles. The van der Waals surface area contributed by atoms with Gasteiger partial charge in [-0.15, -0.1) is 0 Å². The first kappa shape index (κ1) is 15.0. The molecule has 0 aliphatic heterocycles. The van der Waals surface area contributed by atoms with Crippen molar-refractivity contribution in [3.05, 3.63) is 22.8 Å². The molecule has 1 aliphatic carbocycles. The molecule has 0 heterocycles. The van der Waals surface area contributed by atoms with Crippen LogP contribution >= 0.6 is 0 Å². The second-order valence-corrected chi connectivity index (χ2v) is 5.87. The van der Waals surface area contributed by atoms with E-state index < -0.39 is 0 Å². The summed E-state index contributed by atoms with van der Waals surface area (Å²) in [5.74, 6) is 0.428. The van der Waals surface area contributed by atoms with E-state index in [-0.39, 0.29) is 11.4 Å². The lowest BCUT2D eigenvalue weighted by atomic mass is 9.74. The predicted molar refractivity (Wildman–Crippen MR) is 75.3 cm³/mol. The highest BCUT2D eigenvalue weighted by molar-refractivity contribution is 5.88. The third kappa shape index (κ3) is 3.04. The molecule has 0 aromatic heterocycles. The van der Waals surface area contributed by atoms with Crippen LogP contribution < -0.4 is 0 Å². The van der Waals surface area contributed by atoms with E-state index in [4.69, 9.17) is 4.74 Å². The molecule has 1 aliphatic rings. The topological polar surface area (TPSA) is 26.3 Å². The van der Waals surface area contributed by atoms with Gasteiger partial charge in [0.1, 0.15) is 0 Å². The molecule has 0 bridgehead atoms. The molecule has 102 valence electrons. The van der Waals surface area contributed by atoms with E-state index in [1.54, 1.807) is 0 Å². The Balaban J connectivity index is 2.74. The van der Waals surface area contributed by atoms with E-state index in [0.29, 0.717) is 12.5 Å². The highest BCUT2D eigenvalue weighted by atomic mass is 16.5. The Bertz CT molecular complexity index is 386. The summed E-state index contributed by atoms with van der Waals surface area (Å²) in [6.07, 6.45) is 4.43. The first-order valence-corrected chi connectivity index (χ1v) is 6.81. The van der Waals surface area contributed by atoms with E-state index in [9.17, 15) is 4.79 Å². The van der Waals surface area contributed by atoms with Crippen molar-refractivity contribution in [3.8, 4) is 0 Å². The van der Waals surface area contributed by atoms with Crippen LogP contribution in [-0.2, 0) is 9.53 Å². The van der Waals surface area contributed by atoms with Gasteiger partial charge in [0.2, 0.25) is 0 Å². The second kappa shape index (κ2) is 5.73. The number of esters is 1. The number of hydrogen-bond acceptors (Lipinski definition) is 2. The van der Waals surface area contributed by atoms with Gasteiger partial charge in [0.25, 0.3) is 0 Å². The van der Waals surface area contributed by atoms with Gasteiger partial charge >= 0.3 is 5.97 Å².